The number of benzene rings is 2. The minimum Gasteiger partial charge on any atom is -0.491 e. The van der Waals surface area contributed by atoms with Crippen molar-refractivity contribution in [2.75, 3.05) is 32.1 Å². The minimum atomic E-state index is -0.0380. The zero-order chi connectivity index (χ0) is 17.5. The van der Waals surface area contributed by atoms with Crippen molar-refractivity contribution in [1.82, 2.24) is 4.90 Å². The van der Waals surface area contributed by atoms with Crippen LogP contribution in [0.2, 0.25) is 5.02 Å². The SMILES string of the molecule is Cc1cccc(NC(=O)CN(C)CCOc2ccccc2Cl)c1C. The zero-order valence-electron chi connectivity index (χ0n) is 14.3. The van der Waals surface area contributed by atoms with Crippen LogP contribution in [0.3, 0.4) is 0 Å². The molecule has 0 fully saturated rings. The fourth-order valence-corrected chi connectivity index (χ4v) is 2.46. The number of anilines is 1. The molecule has 0 saturated carbocycles. The summed E-state index contributed by atoms with van der Waals surface area (Å²) in [6.45, 7) is 5.44. The quantitative estimate of drug-likeness (QED) is 0.826. The van der Waals surface area contributed by atoms with E-state index >= 15 is 0 Å². The van der Waals surface area contributed by atoms with Crippen LogP contribution < -0.4 is 10.1 Å². The van der Waals surface area contributed by atoms with Crippen LogP contribution in [0.5, 0.6) is 5.75 Å². The Morgan fingerprint density at radius 1 is 1.17 bits per heavy atom. The molecular formula is C19H23ClN2O2. The monoisotopic (exact) mass is 346 g/mol. The molecule has 0 aromatic heterocycles. The normalized spacial score (nSPS) is 10.7. The number of carbonyl (C=O) groups is 1. The number of nitrogens with one attached hydrogen (secondary N) is 1. The molecular weight excluding hydrogens is 324 g/mol. The average molecular weight is 347 g/mol. The van der Waals surface area contributed by atoms with Gasteiger partial charge in [0.05, 0.1) is 11.6 Å². The smallest absolute Gasteiger partial charge is 0.238 e. The molecule has 0 heterocycles. The Bertz CT molecular complexity index is 704. The van der Waals surface area contributed by atoms with Crippen LogP contribution >= 0.6 is 11.6 Å². The molecule has 1 amide bonds. The summed E-state index contributed by atoms with van der Waals surface area (Å²) in [6, 6.07) is 13.2. The second-order valence-corrected chi connectivity index (χ2v) is 6.22. The number of para-hydroxylation sites is 1. The molecule has 128 valence electrons. The maximum absolute atomic E-state index is 12.2. The summed E-state index contributed by atoms with van der Waals surface area (Å²) in [5.41, 5.74) is 3.12. The lowest BCUT2D eigenvalue weighted by Gasteiger charge is -2.17. The molecule has 4 nitrogen and oxygen atoms in total. The molecule has 2 rings (SSSR count). The fraction of sp³-hybridized carbons (Fsp3) is 0.316. The molecule has 0 aliphatic rings. The molecule has 0 radical (unpaired) electrons. The Balaban J connectivity index is 1.77. The lowest BCUT2D eigenvalue weighted by atomic mass is 10.1. The van der Waals surface area contributed by atoms with Gasteiger partial charge in [-0.05, 0) is 50.2 Å². The van der Waals surface area contributed by atoms with Gasteiger partial charge in [-0.15, -0.1) is 0 Å². The average Bonchev–Trinajstić information content (AvgIpc) is 2.53. The third-order valence-corrected chi connectivity index (χ3v) is 4.17. The predicted octanol–water partition coefficient (Wildman–Crippen LogP) is 3.91. The van der Waals surface area contributed by atoms with Crippen molar-refractivity contribution in [3.63, 3.8) is 0 Å². The molecule has 2 aromatic carbocycles. The predicted molar refractivity (Wildman–Crippen MR) is 99.0 cm³/mol. The first-order valence-corrected chi connectivity index (χ1v) is 8.27. The number of halogens is 1. The Hall–Kier alpha value is -2.04. The first-order chi connectivity index (χ1) is 11.5. The van der Waals surface area contributed by atoms with Crippen molar-refractivity contribution in [3.8, 4) is 5.75 Å². The molecule has 0 bridgehead atoms. The van der Waals surface area contributed by atoms with E-state index < -0.39 is 0 Å². The standard InChI is InChI=1S/C19H23ClN2O2/c1-14-7-6-9-17(15(14)2)21-19(23)13-22(3)11-12-24-18-10-5-4-8-16(18)20/h4-10H,11-13H2,1-3H3,(H,21,23). The van der Waals surface area contributed by atoms with Crippen molar-refractivity contribution >= 4 is 23.2 Å². The Morgan fingerprint density at radius 2 is 1.92 bits per heavy atom. The van der Waals surface area contributed by atoms with Crippen LogP contribution in [0, 0.1) is 13.8 Å². The van der Waals surface area contributed by atoms with Crippen LogP contribution in [0.15, 0.2) is 42.5 Å². The van der Waals surface area contributed by atoms with E-state index in [1.54, 1.807) is 6.07 Å². The summed E-state index contributed by atoms with van der Waals surface area (Å²) >= 11 is 6.04. The number of carbonyl (C=O) groups excluding carboxylic acids is 1. The maximum atomic E-state index is 12.2. The largest absolute Gasteiger partial charge is 0.491 e. The maximum Gasteiger partial charge on any atom is 0.238 e. The van der Waals surface area contributed by atoms with Crippen molar-refractivity contribution in [2.24, 2.45) is 0 Å². The highest BCUT2D eigenvalue weighted by atomic mass is 35.5. The second-order valence-electron chi connectivity index (χ2n) is 5.81. The highest BCUT2D eigenvalue weighted by molar-refractivity contribution is 6.32. The number of rotatable bonds is 7. The van der Waals surface area contributed by atoms with E-state index in [1.807, 2.05) is 62.2 Å². The molecule has 0 aliphatic heterocycles. The summed E-state index contributed by atoms with van der Waals surface area (Å²) in [7, 11) is 1.89. The van der Waals surface area contributed by atoms with E-state index in [4.69, 9.17) is 16.3 Å². The third kappa shape index (κ3) is 5.25. The molecule has 0 aliphatic carbocycles. The van der Waals surface area contributed by atoms with Gasteiger partial charge in [0.1, 0.15) is 12.4 Å². The first-order valence-electron chi connectivity index (χ1n) is 7.89. The molecule has 1 N–H and O–H groups in total. The van der Waals surface area contributed by atoms with E-state index in [1.165, 1.54) is 0 Å². The molecule has 5 heteroatoms. The van der Waals surface area contributed by atoms with E-state index in [0.717, 1.165) is 16.8 Å². The van der Waals surface area contributed by atoms with Crippen molar-refractivity contribution in [1.29, 1.82) is 0 Å². The Kier molecular flexibility index (Phi) is 6.64. The van der Waals surface area contributed by atoms with Crippen LogP contribution in [0.1, 0.15) is 11.1 Å². The fourth-order valence-electron chi connectivity index (χ4n) is 2.27. The van der Waals surface area contributed by atoms with Crippen LogP contribution in [-0.4, -0.2) is 37.6 Å². The molecule has 2 aromatic rings. The summed E-state index contributed by atoms with van der Waals surface area (Å²) < 4.78 is 5.64. The van der Waals surface area contributed by atoms with Gasteiger partial charge in [-0.25, -0.2) is 0 Å². The van der Waals surface area contributed by atoms with Gasteiger partial charge in [0.25, 0.3) is 0 Å². The van der Waals surface area contributed by atoms with Gasteiger partial charge < -0.3 is 10.1 Å². The van der Waals surface area contributed by atoms with Gasteiger partial charge in [0.2, 0.25) is 5.91 Å². The molecule has 0 unspecified atom stereocenters. The summed E-state index contributed by atoms with van der Waals surface area (Å²) in [5, 5.41) is 3.55. The highest BCUT2D eigenvalue weighted by Gasteiger charge is 2.09. The van der Waals surface area contributed by atoms with Crippen LogP contribution in [0.4, 0.5) is 5.69 Å². The van der Waals surface area contributed by atoms with E-state index in [-0.39, 0.29) is 5.91 Å². The topological polar surface area (TPSA) is 41.6 Å². The number of nitrogens with zero attached hydrogens (tertiary/aromatic N) is 1. The van der Waals surface area contributed by atoms with Gasteiger partial charge in [-0.1, -0.05) is 35.9 Å². The highest BCUT2D eigenvalue weighted by Crippen LogP contribution is 2.22. The lowest BCUT2D eigenvalue weighted by molar-refractivity contribution is -0.117. The number of amides is 1. The van der Waals surface area contributed by atoms with Crippen molar-refractivity contribution in [2.45, 2.75) is 13.8 Å². The molecule has 24 heavy (non-hydrogen) atoms. The van der Waals surface area contributed by atoms with E-state index in [2.05, 4.69) is 5.32 Å². The number of likely N-dealkylation sites (N-methyl/N-ethyl adjacent to an activating group) is 1. The first kappa shape index (κ1) is 18.3. The summed E-state index contributed by atoms with van der Waals surface area (Å²) in [5.74, 6) is 0.622. The van der Waals surface area contributed by atoms with Gasteiger partial charge in [0, 0.05) is 12.2 Å². The Morgan fingerprint density at radius 3 is 2.67 bits per heavy atom. The van der Waals surface area contributed by atoms with Crippen molar-refractivity contribution in [3.05, 3.63) is 58.6 Å². The molecule has 0 saturated heterocycles. The van der Waals surface area contributed by atoms with Gasteiger partial charge >= 0.3 is 0 Å². The number of hydrogen-bond donors (Lipinski definition) is 1. The minimum absolute atomic E-state index is 0.0380. The summed E-state index contributed by atoms with van der Waals surface area (Å²) in [4.78, 5) is 14.1. The lowest BCUT2D eigenvalue weighted by Crippen LogP contribution is -2.33. The van der Waals surface area contributed by atoms with Crippen molar-refractivity contribution < 1.29 is 9.53 Å². The zero-order valence-corrected chi connectivity index (χ0v) is 15.1. The van der Waals surface area contributed by atoms with E-state index in [9.17, 15) is 4.79 Å². The molecule has 0 spiro atoms. The third-order valence-electron chi connectivity index (χ3n) is 3.86. The molecule has 0 atom stereocenters. The summed E-state index contributed by atoms with van der Waals surface area (Å²) in [6.07, 6.45) is 0. The van der Waals surface area contributed by atoms with Gasteiger partial charge in [0.15, 0.2) is 0 Å². The number of hydrogen-bond acceptors (Lipinski definition) is 3. The van der Waals surface area contributed by atoms with Crippen LogP contribution in [0.25, 0.3) is 0 Å². The number of aryl methyl sites for hydroxylation is 1. The number of ether oxygens (including phenoxy) is 1. The second kappa shape index (κ2) is 8.71. The van der Waals surface area contributed by atoms with Gasteiger partial charge in [-0.2, -0.15) is 0 Å². The Labute approximate surface area is 148 Å². The van der Waals surface area contributed by atoms with Crippen LogP contribution in [-0.2, 0) is 4.79 Å². The van der Waals surface area contributed by atoms with Gasteiger partial charge in [-0.3, -0.25) is 9.69 Å². The van der Waals surface area contributed by atoms with E-state index in [0.29, 0.717) is 30.5 Å².